The van der Waals surface area contributed by atoms with E-state index in [-0.39, 0.29) is 23.8 Å². The van der Waals surface area contributed by atoms with Crippen LogP contribution in [-0.2, 0) is 14.8 Å². The Kier molecular flexibility index (Phi) is 5.98. The summed E-state index contributed by atoms with van der Waals surface area (Å²) in [4.78, 5) is 12.0. The van der Waals surface area contributed by atoms with Gasteiger partial charge in [-0.2, -0.15) is 0 Å². The number of benzene rings is 2. The van der Waals surface area contributed by atoms with Gasteiger partial charge in [-0.1, -0.05) is 17.7 Å². The summed E-state index contributed by atoms with van der Waals surface area (Å²) in [6.07, 6.45) is 0.610. The van der Waals surface area contributed by atoms with Crippen LogP contribution < -0.4 is 19.5 Å². The van der Waals surface area contributed by atoms with E-state index in [1.54, 1.807) is 6.07 Å². The number of hydrogen-bond donors (Lipinski definition) is 2. The molecule has 2 N–H and O–H groups in total. The van der Waals surface area contributed by atoms with Crippen LogP contribution in [0.2, 0.25) is 0 Å². The minimum atomic E-state index is -3.67. The molecule has 1 amide bonds. The molecule has 1 heterocycles. The molecule has 3 rings (SSSR count). The number of amides is 1. The Balaban J connectivity index is 1.47. The van der Waals surface area contributed by atoms with Gasteiger partial charge in [0.05, 0.1) is 4.90 Å². The van der Waals surface area contributed by atoms with E-state index in [2.05, 4.69) is 10.0 Å². The Morgan fingerprint density at radius 2 is 1.74 bits per heavy atom. The van der Waals surface area contributed by atoms with Crippen LogP contribution in [0.5, 0.6) is 11.5 Å². The van der Waals surface area contributed by atoms with Crippen molar-refractivity contribution in [2.45, 2.75) is 24.7 Å². The van der Waals surface area contributed by atoms with Gasteiger partial charge in [0.2, 0.25) is 15.9 Å². The van der Waals surface area contributed by atoms with Gasteiger partial charge < -0.3 is 14.8 Å². The van der Waals surface area contributed by atoms with Crippen LogP contribution >= 0.6 is 0 Å². The van der Waals surface area contributed by atoms with E-state index in [0.29, 0.717) is 31.1 Å². The minimum Gasteiger partial charge on any atom is -0.486 e. The lowest BCUT2D eigenvalue weighted by Crippen LogP contribution is -2.26. The van der Waals surface area contributed by atoms with Crippen molar-refractivity contribution in [2.75, 3.05) is 25.1 Å². The van der Waals surface area contributed by atoms with Crippen molar-refractivity contribution in [1.29, 1.82) is 0 Å². The summed E-state index contributed by atoms with van der Waals surface area (Å²) in [6.45, 7) is 2.97. The summed E-state index contributed by atoms with van der Waals surface area (Å²) in [5, 5.41) is 2.79. The summed E-state index contributed by atoms with van der Waals surface area (Å²) >= 11 is 0. The van der Waals surface area contributed by atoms with Crippen molar-refractivity contribution in [2.24, 2.45) is 0 Å². The number of anilines is 1. The molecule has 2 aromatic rings. The second-order valence-electron chi connectivity index (χ2n) is 6.22. The predicted octanol–water partition coefficient (Wildman–Crippen LogP) is 2.46. The molecule has 0 atom stereocenters. The first-order valence-electron chi connectivity index (χ1n) is 8.70. The average Bonchev–Trinajstić information content (AvgIpc) is 2.67. The maximum absolute atomic E-state index is 12.4. The van der Waals surface area contributed by atoms with Gasteiger partial charge in [-0.05, 0) is 37.6 Å². The van der Waals surface area contributed by atoms with Gasteiger partial charge in [0.25, 0.3) is 0 Å². The third kappa shape index (κ3) is 5.21. The Morgan fingerprint density at radius 3 is 2.48 bits per heavy atom. The van der Waals surface area contributed by atoms with Crippen LogP contribution in [0.1, 0.15) is 18.4 Å². The van der Waals surface area contributed by atoms with E-state index in [4.69, 9.17) is 9.47 Å². The zero-order valence-corrected chi connectivity index (χ0v) is 15.8. The van der Waals surface area contributed by atoms with Crippen LogP contribution in [0.15, 0.2) is 47.4 Å². The normalized spacial score (nSPS) is 13.2. The SMILES string of the molecule is Cc1ccc(NC(=O)CCCNS(=O)(=O)c2ccc3c(c2)OCCO3)cc1. The van der Waals surface area contributed by atoms with Crippen LogP contribution in [0.4, 0.5) is 5.69 Å². The molecule has 2 aromatic carbocycles. The zero-order chi connectivity index (χ0) is 19.3. The van der Waals surface area contributed by atoms with Gasteiger partial charge in [-0.25, -0.2) is 13.1 Å². The van der Waals surface area contributed by atoms with Gasteiger partial charge >= 0.3 is 0 Å². The fourth-order valence-corrected chi connectivity index (χ4v) is 3.68. The predicted molar refractivity (Wildman–Crippen MR) is 102 cm³/mol. The van der Waals surface area contributed by atoms with E-state index in [9.17, 15) is 13.2 Å². The highest BCUT2D eigenvalue weighted by atomic mass is 32.2. The number of aryl methyl sites for hydroxylation is 1. The second kappa shape index (κ2) is 8.41. The first-order chi connectivity index (χ1) is 12.9. The molecule has 8 heteroatoms. The largest absolute Gasteiger partial charge is 0.486 e. The Labute approximate surface area is 158 Å². The maximum Gasteiger partial charge on any atom is 0.240 e. The number of ether oxygens (including phenoxy) is 2. The van der Waals surface area contributed by atoms with Crippen LogP contribution in [0, 0.1) is 6.92 Å². The van der Waals surface area contributed by atoms with Gasteiger partial charge in [0.1, 0.15) is 13.2 Å². The molecular formula is C19H22N2O5S. The fraction of sp³-hybridized carbons (Fsp3) is 0.316. The Bertz CT molecular complexity index is 910. The highest BCUT2D eigenvalue weighted by Crippen LogP contribution is 2.32. The number of carbonyl (C=O) groups is 1. The van der Waals surface area contributed by atoms with E-state index in [0.717, 1.165) is 11.3 Å². The van der Waals surface area contributed by atoms with E-state index in [1.807, 2.05) is 31.2 Å². The Hall–Kier alpha value is -2.58. The van der Waals surface area contributed by atoms with Crippen LogP contribution in [0.25, 0.3) is 0 Å². The summed E-state index contributed by atoms with van der Waals surface area (Å²) in [6, 6.07) is 12.0. The Morgan fingerprint density at radius 1 is 1.04 bits per heavy atom. The highest BCUT2D eigenvalue weighted by Gasteiger charge is 2.19. The quantitative estimate of drug-likeness (QED) is 0.709. The topological polar surface area (TPSA) is 93.7 Å². The van der Waals surface area contributed by atoms with Crippen molar-refractivity contribution in [3.05, 3.63) is 48.0 Å². The molecule has 0 saturated heterocycles. The maximum atomic E-state index is 12.4. The lowest BCUT2D eigenvalue weighted by Gasteiger charge is -2.18. The molecule has 27 heavy (non-hydrogen) atoms. The monoisotopic (exact) mass is 390 g/mol. The van der Waals surface area contributed by atoms with Crippen molar-refractivity contribution in [3.8, 4) is 11.5 Å². The summed E-state index contributed by atoms with van der Waals surface area (Å²) in [7, 11) is -3.67. The first-order valence-corrected chi connectivity index (χ1v) is 10.2. The zero-order valence-electron chi connectivity index (χ0n) is 15.0. The molecule has 144 valence electrons. The molecule has 7 nitrogen and oxygen atoms in total. The molecule has 0 aromatic heterocycles. The number of carbonyl (C=O) groups excluding carboxylic acids is 1. The molecule has 0 spiro atoms. The van der Waals surface area contributed by atoms with Gasteiger partial charge in [0.15, 0.2) is 11.5 Å². The lowest BCUT2D eigenvalue weighted by atomic mass is 10.2. The standard InChI is InChI=1S/C19H22N2O5S/c1-14-4-6-15(7-5-14)21-19(22)3-2-10-20-27(23,24)16-8-9-17-18(13-16)26-12-11-25-17/h4-9,13,20H,2-3,10-12H2,1H3,(H,21,22). The summed E-state index contributed by atoms with van der Waals surface area (Å²) in [5.41, 5.74) is 1.84. The number of fused-ring (bicyclic) bond motifs is 1. The first kappa shape index (κ1) is 19.2. The van der Waals surface area contributed by atoms with Crippen molar-refractivity contribution in [3.63, 3.8) is 0 Å². The molecule has 0 bridgehead atoms. The van der Waals surface area contributed by atoms with Crippen molar-refractivity contribution >= 4 is 21.6 Å². The minimum absolute atomic E-state index is 0.107. The molecule has 0 unspecified atom stereocenters. The lowest BCUT2D eigenvalue weighted by molar-refractivity contribution is -0.116. The number of rotatable bonds is 7. The van der Waals surface area contributed by atoms with Crippen LogP contribution in [-0.4, -0.2) is 34.1 Å². The highest BCUT2D eigenvalue weighted by molar-refractivity contribution is 7.89. The molecule has 1 aliphatic rings. The molecular weight excluding hydrogens is 368 g/mol. The number of nitrogens with one attached hydrogen (secondary N) is 2. The molecule has 0 fully saturated rings. The summed E-state index contributed by atoms with van der Waals surface area (Å²) < 4.78 is 38.1. The third-order valence-corrected chi connectivity index (χ3v) is 5.49. The smallest absolute Gasteiger partial charge is 0.240 e. The van der Waals surface area contributed by atoms with Crippen molar-refractivity contribution < 1.29 is 22.7 Å². The average molecular weight is 390 g/mol. The molecule has 0 radical (unpaired) electrons. The van der Waals surface area contributed by atoms with E-state index in [1.165, 1.54) is 12.1 Å². The second-order valence-corrected chi connectivity index (χ2v) is 7.99. The molecule has 1 aliphatic heterocycles. The van der Waals surface area contributed by atoms with E-state index < -0.39 is 10.0 Å². The van der Waals surface area contributed by atoms with Gasteiger partial charge in [-0.3, -0.25) is 4.79 Å². The third-order valence-electron chi connectivity index (χ3n) is 4.03. The fourth-order valence-electron chi connectivity index (χ4n) is 2.59. The number of sulfonamides is 1. The van der Waals surface area contributed by atoms with Gasteiger partial charge in [-0.15, -0.1) is 0 Å². The molecule has 0 saturated carbocycles. The number of hydrogen-bond acceptors (Lipinski definition) is 5. The summed E-state index contributed by atoms with van der Waals surface area (Å²) in [5.74, 6) is 0.798. The van der Waals surface area contributed by atoms with E-state index >= 15 is 0 Å². The van der Waals surface area contributed by atoms with Crippen molar-refractivity contribution in [1.82, 2.24) is 4.72 Å². The molecule has 0 aliphatic carbocycles. The van der Waals surface area contributed by atoms with Gasteiger partial charge in [0, 0.05) is 24.7 Å². The van der Waals surface area contributed by atoms with Crippen LogP contribution in [0.3, 0.4) is 0 Å².